The van der Waals surface area contributed by atoms with Crippen LogP contribution in [-0.2, 0) is 14.6 Å². The molecule has 0 atom stereocenters. The highest BCUT2D eigenvalue weighted by atomic mass is 35.5. The number of halogens is 1. The van der Waals surface area contributed by atoms with E-state index in [1.807, 2.05) is 6.08 Å². The summed E-state index contributed by atoms with van der Waals surface area (Å²) in [5.41, 5.74) is 1.71. The molecule has 0 radical (unpaired) electrons. The van der Waals surface area contributed by atoms with Gasteiger partial charge >= 0.3 is 0 Å². The molecule has 19 heavy (non-hydrogen) atoms. The lowest BCUT2D eigenvalue weighted by Gasteiger charge is -2.16. The van der Waals surface area contributed by atoms with E-state index in [0.717, 1.165) is 29.7 Å². The van der Waals surface area contributed by atoms with Gasteiger partial charge in [0, 0.05) is 28.8 Å². The third-order valence-corrected chi connectivity index (χ3v) is 4.45. The summed E-state index contributed by atoms with van der Waals surface area (Å²) in [4.78, 5) is 0.223. The molecule has 0 saturated heterocycles. The predicted molar refractivity (Wildman–Crippen MR) is 76.9 cm³/mol. The van der Waals surface area contributed by atoms with Crippen molar-refractivity contribution in [2.75, 3.05) is 13.4 Å². The number of rotatable bonds is 3. The number of methoxy groups -OCH3 is 1. The van der Waals surface area contributed by atoms with Crippen LogP contribution in [0.4, 0.5) is 0 Å². The lowest BCUT2D eigenvalue weighted by Crippen LogP contribution is -2.00. The summed E-state index contributed by atoms with van der Waals surface area (Å²) in [7, 11) is -1.61. The van der Waals surface area contributed by atoms with Crippen molar-refractivity contribution in [3.63, 3.8) is 0 Å². The Balaban J connectivity index is 2.53. The summed E-state index contributed by atoms with van der Waals surface area (Å²) in [6, 6.07) is 4.77. The molecule has 0 bridgehead atoms. The van der Waals surface area contributed by atoms with Crippen molar-refractivity contribution in [3.8, 4) is 0 Å². The number of hydrogen-bond acceptors (Lipinski definition) is 3. The van der Waals surface area contributed by atoms with Gasteiger partial charge in [0.25, 0.3) is 0 Å². The third kappa shape index (κ3) is 3.01. The van der Waals surface area contributed by atoms with Gasteiger partial charge in [-0.2, -0.15) is 0 Å². The number of sulfone groups is 1. The van der Waals surface area contributed by atoms with Gasteiger partial charge in [-0.25, -0.2) is 8.42 Å². The van der Waals surface area contributed by atoms with Gasteiger partial charge in [0.2, 0.25) is 0 Å². The smallest absolute Gasteiger partial charge is 0.175 e. The fraction of sp³-hybridized carbons (Fsp3) is 0.286. The Hall–Kier alpha value is -1.26. The van der Waals surface area contributed by atoms with Gasteiger partial charge in [0.05, 0.1) is 12.0 Å². The molecule has 1 aliphatic rings. The Morgan fingerprint density at radius 3 is 2.63 bits per heavy atom. The van der Waals surface area contributed by atoms with Gasteiger partial charge in [-0.15, -0.1) is 0 Å². The number of ether oxygens (including phenoxy) is 1. The van der Waals surface area contributed by atoms with Crippen molar-refractivity contribution in [1.82, 2.24) is 0 Å². The number of allylic oxidation sites excluding steroid dienone is 4. The zero-order chi connectivity index (χ0) is 14.0. The largest absolute Gasteiger partial charge is 0.500 e. The van der Waals surface area contributed by atoms with Gasteiger partial charge in [0.1, 0.15) is 5.76 Å². The molecule has 102 valence electrons. The second-order valence-corrected chi connectivity index (χ2v) is 6.82. The molecule has 0 aliphatic heterocycles. The molecule has 0 heterocycles. The summed E-state index contributed by atoms with van der Waals surface area (Å²) < 4.78 is 28.3. The Labute approximate surface area is 118 Å². The zero-order valence-corrected chi connectivity index (χ0v) is 12.4. The third-order valence-electron chi connectivity index (χ3n) is 3.03. The summed E-state index contributed by atoms with van der Waals surface area (Å²) in [6.45, 7) is 0. The molecule has 1 aromatic carbocycles. The van der Waals surface area contributed by atoms with E-state index in [2.05, 4.69) is 6.08 Å². The SMILES string of the molecule is COC1=C(c2ccc(S(C)(=O)=O)cc2Cl)C=CCC1. The summed E-state index contributed by atoms with van der Waals surface area (Å²) in [5, 5.41) is 0.416. The highest BCUT2D eigenvalue weighted by molar-refractivity contribution is 7.90. The second kappa shape index (κ2) is 5.39. The molecule has 1 aromatic rings. The maximum atomic E-state index is 11.5. The normalized spacial score (nSPS) is 15.7. The molecular weight excluding hydrogens is 284 g/mol. The quantitative estimate of drug-likeness (QED) is 0.858. The maximum Gasteiger partial charge on any atom is 0.175 e. The first kappa shape index (κ1) is 14.2. The standard InChI is InChI=1S/C14H15ClO3S/c1-18-14-6-4-3-5-12(14)11-8-7-10(9-13(11)15)19(2,16)17/h3,5,7-9H,4,6H2,1-2H3. The Kier molecular flexibility index (Phi) is 4.02. The van der Waals surface area contributed by atoms with Crippen LogP contribution in [0.15, 0.2) is 41.0 Å². The predicted octanol–water partition coefficient (Wildman–Crippen LogP) is 3.45. The van der Waals surface area contributed by atoms with E-state index in [-0.39, 0.29) is 4.90 Å². The second-order valence-electron chi connectivity index (χ2n) is 4.40. The van der Waals surface area contributed by atoms with Gasteiger partial charge in [-0.1, -0.05) is 29.8 Å². The van der Waals surface area contributed by atoms with Gasteiger partial charge in [-0.05, 0) is 18.6 Å². The molecular formula is C14H15ClO3S. The van der Waals surface area contributed by atoms with Crippen molar-refractivity contribution < 1.29 is 13.2 Å². The highest BCUT2D eigenvalue weighted by Gasteiger charge is 2.16. The molecule has 0 unspecified atom stereocenters. The number of hydrogen-bond donors (Lipinski definition) is 0. The van der Waals surface area contributed by atoms with Crippen molar-refractivity contribution in [1.29, 1.82) is 0 Å². The fourth-order valence-corrected chi connectivity index (χ4v) is 3.03. The van der Waals surface area contributed by atoms with Crippen LogP contribution in [0.5, 0.6) is 0 Å². The minimum Gasteiger partial charge on any atom is -0.500 e. The molecule has 2 rings (SSSR count). The average molecular weight is 299 g/mol. The Bertz CT molecular complexity index is 657. The van der Waals surface area contributed by atoms with E-state index in [1.54, 1.807) is 19.2 Å². The van der Waals surface area contributed by atoms with E-state index >= 15 is 0 Å². The summed E-state index contributed by atoms with van der Waals surface area (Å²) in [5.74, 6) is 0.872. The Morgan fingerprint density at radius 2 is 2.05 bits per heavy atom. The summed E-state index contributed by atoms with van der Waals surface area (Å²) in [6.07, 6.45) is 6.94. The lowest BCUT2D eigenvalue weighted by atomic mass is 9.98. The molecule has 0 fully saturated rings. The van der Waals surface area contributed by atoms with Crippen LogP contribution < -0.4 is 0 Å². The maximum absolute atomic E-state index is 11.5. The van der Waals surface area contributed by atoms with Crippen molar-refractivity contribution in [3.05, 3.63) is 46.7 Å². The fourth-order valence-electron chi connectivity index (χ4n) is 2.04. The van der Waals surface area contributed by atoms with Crippen LogP contribution in [0.1, 0.15) is 18.4 Å². The van der Waals surface area contributed by atoms with E-state index < -0.39 is 9.84 Å². The lowest BCUT2D eigenvalue weighted by molar-refractivity contribution is 0.279. The van der Waals surface area contributed by atoms with Crippen LogP contribution in [0.3, 0.4) is 0 Å². The van der Waals surface area contributed by atoms with Crippen LogP contribution in [-0.4, -0.2) is 21.8 Å². The van der Waals surface area contributed by atoms with Gasteiger partial charge in [-0.3, -0.25) is 0 Å². The van der Waals surface area contributed by atoms with Crippen LogP contribution in [0, 0.1) is 0 Å². The minimum absolute atomic E-state index is 0.223. The molecule has 5 heteroatoms. The molecule has 0 aromatic heterocycles. The topological polar surface area (TPSA) is 43.4 Å². The van der Waals surface area contributed by atoms with E-state index in [1.165, 1.54) is 12.3 Å². The van der Waals surface area contributed by atoms with Crippen LogP contribution in [0.2, 0.25) is 5.02 Å². The molecule has 1 aliphatic carbocycles. The van der Waals surface area contributed by atoms with Gasteiger partial charge in [0.15, 0.2) is 9.84 Å². The molecule has 0 spiro atoms. The monoisotopic (exact) mass is 298 g/mol. The minimum atomic E-state index is -3.24. The van der Waals surface area contributed by atoms with Crippen molar-refractivity contribution in [2.45, 2.75) is 17.7 Å². The zero-order valence-electron chi connectivity index (χ0n) is 10.8. The molecule has 0 saturated carbocycles. The van der Waals surface area contributed by atoms with E-state index in [4.69, 9.17) is 16.3 Å². The first-order valence-corrected chi connectivity index (χ1v) is 8.14. The van der Waals surface area contributed by atoms with Crippen LogP contribution >= 0.6 is 11.6 Å². The highest BCUT2D eigenvalue weighted by Crippen LogP contribution is 2.33. The van der Waals surface area contributed by atoms with E-state index in [0.29, 0.717) is 5.02 Å². The Morgan fingerprint density at radius 1 is 1.32 bits per heavy atom. The average Bonchev–Trinajstić information content (AvgIpc) is 2.37. The first-order chi connectivity index (χ1) is 8.93. The first-order valence-electron chi connectivity index (χ1n) is 5.87. The van der Waals surface area contributed by atoms with Crippen molar-refractivity contribution >= 4 is 27.0 Å². The molecule has 0 amide bonds. The molecule has 0 N–H and O–H groups in total. The van der Waals surface area contributed by atoms with Crippen LogP contribution in [0.25, 0.3) is 5.57 Å². The molecule has 3 nitrogen and oxygen atoms in total. The van der Waals surface area contributed by atoms with Crippen molar-refractivity contribution in [2.24, 2.45) is 0 Å². The van der Waals surface area contributed by atoms with Gasteiger partial charge < -0.3 is 4.74 Å². The summed E-state index contributed by atoms with van der Waals surface area (Å²) >= 11 is 6.20. The number of benzene rings is 1. The van der Waals surface area contributed by atoms with E-state index in [9.17, 15) is 8.42 Å².